The molecule has 4 nitrogen and oxygen atoms in total. The zero-order valence-electron chi connectivity index (χ0n) is 11.9. The SMILES string of the molecule is COC(=O)c1ccccc1-c1nccc2ccn[c-]c12.[Cl-].[Mg+2]. The van der Waals surface area contributed by atoms with Gasteiger partial charge in [0.1, 0.15) is 0 Å². The summed E-state index contributed by atoms with van der Waals surface area (Å²) in [5.41, 5.74) is 1.87. The first-order chi connectivity index (χ1) is 9.81. The van der Waals surface area contributed by atoms with E-state index < -0.39 is 0 Å². The first-order valence-corrected chi connectivity index (χ1v) is 6.10. The molecule has 0 spiro atoms. The van der Waals surface area contributed by atoms with Crippen LogP contribution in [-0.4, -0.2) is 46.1 Å². The predicted octanol–water partition coefficient (Wildman–Crippen LogP) is -0.493. The Morgan fingerprint density at radius 2 is 1.86 bits per heavy atom. The summed E-state index contributed by atoms with van der Waals surface area (Å²) in [5.74, 6) is -0.386. The van der Waals surface area contributed by atoms with Crippen molar-refractivity contribution in [3.63, 3.8) is 0 Å². The molecular formula is C16H11ClMgN2O2. The van der Waals surface area contributed by atoms with E-state index in [1.165, 1.54) is 7.11 Å². The normalized spacial score (nSPS) is 9.50. The van der Waals surface area contributed by atoms with Crippen molar-refractivity contribution in [3.05, 3.63) is 60.6 Å². The maximum absolute atomic E-state index is 11.9. The van der Waals surface area contributed by atoms with Crippen LogP contribution in [0, 0.1) is 6.20 Å². The molecule has 0 radical (unpaired) electrons. The number of nitrogens with zero attached hydrogens (tertiary/aromatic N) is 2. The fourth-order valence-corrected chi connectivity index (χ4v) is 2.13. The molecule has 3 rings (SSSR count). The van der Waals surface area contributed by atoms with E-state index in [9.17, 15) is 4.79 Å². The maximum Gasteiger partial charge on any atom is 2.00 e. The zero-order chi connectivity index (χ0) is 13.9. The number of benzene rings is 1. The first-order valence-electron chi connectivity index (χ1n) is 6.10. The molecule has 106 valence electrons. The molecule has 0 N–H and O–H groups in total. The third-order valence-electron chi connectivity index (χ3n) is 3.08. The average Bonchev–Trinajstić information content (AvgIpc) is 2.53. The smallest absolute Gasteiger partial charge is 1.00 e. The second-order valence-electron chi connectivity index (χ2n) is 4.22. The summed E-state index contributed by atoms with van der Waals surface area (Å²) < 4.78 is 4.82. The van der Waals surface area contributed by atoms with Crippen LogP contribution < -0.4 is 12.4 Å². The average molecular weight is 323 g/mol. The van der Waals surface area contributed by atoms with Crippen LogP contribution in [0.5, 0.6) is 0 Å². The Morgan fingerprint density at radius 1 is 1.14 bits per heavy atom. The van der Waals surface area contributed by atoms with Crippen LogP contribution >= 0.6 is 0 Å². The third kappa shape index (κ3) is 3.37. The van der Waals surface area contributed by atoms with Crippen molar-refractivity contribution in [3.8, 4) is 11.3 Å². The quantitative estimate of drug-likeness (QED) is 0.363. The Labute approximate surface area is 150 Å². The first kappa shape index (κ1) is 18.4. The van der Waals surface area contributed by atoms with Gasteiger partial charge in [-0.1, -0.05) is 35.8 Å². The van der Waals surface area contributed by atoms with Gasteiger partial charge in [0.2, 0.25) is 0 Å². The minimum Gasteiger partial charge on any atom is -1.00 e. The fourth-order valence-electron chi connectivity index (χ4n) is 2.13. The van der Waals surface area contributed by atoms with Gasteiger partial charge in [0, 0.05) is 6.20 Å². The molecule has 0 unspecified atom stereocenters. The molecule has 3 aromatic rings. The van der Waals surface area contributed by atoms with E-state index in [1.807, 2.05) is 24.3 Å². The van der Waals surface area contributed by atoms with E-state index in [4.69, 9.17) is 4.74 Å². The van der Waals surface area contributed by atoms with Gasteiger partial charge < -0.3 is 27.1 Å². The molecule has 2 heterocycles. The second-order valence-corrected chi connectivity index (χ2v) is 4.22. The van der Waals surface area contributed by atoms with E-state index in [0.717, 1.165) is 10.8 Å². The number of hydrogen-bond acceptors (Lipinski definition) is 4. The molecule has 2 aromatic heterocycles. The van der Waals surface area contributed by atoms with Gasteiger partial charge >= 0.3 is 29.0 Å². The number of aromatic nitrogens is 2. The van der Waals surface area contributed by atoms with Gasteiger partial charge in [-0.3, -0.25) is 0 Å². The summed E-state index contributed by atoms with van der Waals surface area (Å²) in [7, 11) is 1.36. The minimum absolute atomic E-state index is 0. The number of carbonyl (C=O) groups is 1. The van der Waals surface area contributed by atoms with Crippen molar-refractivity contribution in [1.29, 1.82) is 0 Å². The van der Waals surface area contributed by atoms with E-state index in [2.05, 4.69) is 16.2 Å². The van der Waals surface area contributed by atoms with Gasteiger partial charge in [0.05, 0.1) is 12.7 Å². The molecule has 0 aliphatic carbocycles. The summed E-state index contributed by atoms with van der Waals surface area (Å²) >= 11 is 0. The molecule has 0 aliphatic rings. The predicted molar refractivity (Wildman–Crippen MR) is 80.9 cm³/mol. The van der Waals surface area contributed by atoms with E-state index in [0.29, 0.717) is 16.8 Å². The number of hydrogen-bond donors (Lipinski definition) is 0. The van der Waals surface area contributed by atoms with Crippen molar-refractivity contribution in [2.24, 2.45) is 0 Å². The summed E-state index contributed by atoms with van der Waals surface area (Å²) in [5, 5.41) is 1.76. The molecule has 0 saturated heterocycles. The third-order valence-corrected chi connectivity index (χ3v) is 3.08. The van der Waals surface area contributed by atoms with E-state index in [1.54, 1.807) is 24.5 Å². The van der Waals surface area contributed by atoms with Crippen LogP contribution in [0.1, 0.15) is 10.4 Å². The van der Waals surface area contributed by atoms with Crippen molar-refractivity contribution in [2.45, 2.75) is 0 Å². The molecule has 0 amide bonds. The van der Waals surface area contributed by atoms with Crippen LogP contribution in [0.4, 0.5) is 0 Å². The number of esters is 1. The summed E-state index contributed by atoms with van der Waals surface area (Å²) in [6, 6.07) is 11.0. The Bertz CT molecular complexity index is 790. The van der Waals surface area contributed by atoms with Gasteiger partial charge in [-0.25, -0.2) is 4.79 Å². The molecule has 1 aromatic carbocycles. The maximum atomic E-state index is 11.9. The molecule has 6 heteroatoms. The molecule has 0 atom stereocenters. The van der Waals surface area contributed by atoms with E-state index in [-0.39, 0.29) is 41.4 Å². The molecule has 0 aliphatic heterocycles. The largest absolute Gasteiger partial charge is 2.00 e. The number of pyridine rings is 2. The summed E-state index contributed by atoms with van der Waals surface area (Å²) in [6.07, 6.45) is 6.32. The topological polar surface area (TPSA) is 52.1 Å². The number of carbonyl (C=O) groups excluding carboxylic acids is 1. The number of rotatable bonds is 2. The van der Waals surface area contributed by atoms with Gasteiger partial charge in [0.15, 0.2) is 0 Å². The monoisotopic (exact) mass is 322 g/mol. The standard InChI is InChI=1S/C16H11N2O2.ClH.Mg/c1-20-16(19)13-5-3-2-4-12(13)15-14-10-17-8-6-11(14)7-9-18-15;;/h2-9H,1H3;1H;/q-1;;+2/p-1. The Kier molecular flexibility index (Phi) is 6.74. The number of fused-ring (bicyclic) bond motifs is 1. The Balaban J connectivity index is 0.00000121. The minimum atomic E-state index is -0.386. The van der Waals surface area contributed by atoms with Gasteiger partial charge in [-0.05, 0) is 23.5 Å². The van der Waals surface area contributed by atoms with Crippen LogP contribution in [-0.2, 0) is 4.74 Å². The number of ether oxygens (including phenoxy) is 1. The molecule has 0 fully saturated rings. The van der Waals surface area contributed by atoms with Crippen LogP contribution in [0.25, 0.3) is 22.0 Å². The molecular weight excluding hydrogens is 312 g/mol. The second kappa shape index (κ2) is 8.07. The molecule has 22 heavy (non-hydrogen) atoms. The Hall–Kier alpha value is -1.69. The fraction of sp³-hybridized carbons (Fsp3) is 0.0625. The van der Waals surface area contributed by atoms with Crippen molar-refractivity contribution in [1.82, 2.24) is 9.97 Å². The molecule has 0 bridgehead atoms. The van der Waals surface area contributed by atoms with Crippen molar-refractivity contribution < 1.29 is 21.9 Å². The van der Waals surface area contributed by atoms with Gasteiger partial charge in [-0.15, -0.1) is 11.5 Å². The van der Waals surface area contributed by atoms with E-state index >= 15 is 0 Å². The zero-order valence-corrected chi connectivity index (χ0v) is 14.1. The van der Waals surface area contributed by atoms with Crippen LogP contribution in [0.2, 0.25) is 0 Å². The Morgan fingerprint density at radius 3 is 2.64 bits per heavy atom. The van der Waals surface area contributed by atoms with Crippen molar-refractivity contribution >= 4 is 39.8 Å². The van der Waals surface area contributed by atoms with Gasteiger partial charge in [-0.2, -0.15) is 0 Å². The van der Waals surface area contributed by atoms with Crippen molar-refractivity contribution in [2.75, 3.05) is 7.11 Å². The van der Waals surface area contributed by atoms with Gasteiger partial charge in [0.25, 0.3) is 0 Å². The summed E-state index contributed by atoms with van der Waals surface area (Å²) in [4.78, 5) is 20.3. The molecule has 0 saturated carbocycles. The van der Waals surface area contributed by atoms with Crippen LogP contribution in [0.15, 0.2) is 48.8 Å². The number of halogens is 1. The summed E-state index contributed by atoms with van der Waals surface area (Å²) in [6.45, 7) is 0. The number of methoxy groups -OCH3 is 1. The van der Waals surface area contributed by atoms with Crippen LogP contribution in [0.3, 0.4) is 0 Å².